The molecule has 4 heteroatoms. The molecule has 0 unspecified atom stereocenters. The monoisotopic (exact) mass is 233 g/mol. The lowest BCUT2D eigenvalue weighted by molar-refractivity contribution is -0.118. The van der Waals surface area contributed by atoms with E-state index in [1.807, 2.05) is 29.2 Å². The quantitative estimate of drug-likeness (QED) is 0.833. The summed E-state index contributed by atoms with van der Waals surface area (Å²) in [5.41, 5.74) is 7.34. The average Bonchev–Trinajstić information content (AvgIpc) is 2.28. The van der Waals surface area contributed by atoms with Crippen molar-refractivity contribution in [3.63, 3.8) is 0 Å². The van der Waals surface area contributed by atoms with Crippen LogP contribution in [0.15, 0.2) is 24.3 Å². The number of carbonyl (C=O) groups excluding carboxylic acids is 1. The fraction of sp³-hybridized carbons (Fsp3) is 0.462. The number of anilines is 2. The molecular weight excluding hydrogens is 214 g/mol. The van der Waals surface area contributed by atoms with Crippen molar-refractivity contribution in [1.82, 2.24) is 0 Å². The summed E-state index contributed by atoms with van der Waals surface area (Å²) in [6, 6.07) is 7.88. The standard InChI is InChI=1S/C13H19N3O/c1-13(2,7-8-14)16-11-6-4-3-5-10(11)15-9-12(16)17/h3-6,15H,7-9,14H2,1-2H3. The summed E-state index contributed by atoms with van der Waals surface area (Å²) in [6.07, 6.45) is 0.785. The summed E-state index contributed by atoms with van der Waals surface area (Å²) in [5, 5.41) is 3.13. The van der Waals surface area contributed by atoms with E-state index >= 15 is 0 Å². The summed E-state index contributed by atoms with van der Waals surface area (Å²) in [6.45, 7) is 5.04. The van der Waals surface area contributed by atoms with Gasteiger partial charge in [0, 0.05) is 5.54 Å². The predicted molar refractivity (Wildman–Crippen MR) is 70.2 cm³/mol. The van der Waals surface area contributed by atoms with Crippen molar-refractivity contribution in [2.75, 3.05) is 23.3 Å². The molecule has 4 nitrogen and oxygen atoms in total. The molecule has 2 rings (SSSR count). The normalized spacial score (nSPS) is 15.5. The van der Waals surface area contributed by atoms with Gasteiger partial charge in [0.15, 0.2) is 0 Å². The highest BCUT2D eigenvalue weighted by atomic mass is 16.2. The van der Waals surface area contributed by atoms with Crippen LogP contribution in [0.25, 0.3) is 0 Å². The van der Waals surface area contributed by atoms with Crippen molar-refractivity contribution >= 4 is 17.3 Å². The molecule has 3 N–H and O–H groups in total. The largest absolute Gasteiger partial charge is 0.374 e. The van der Waals surface area contributed by atoms with Crippen LogP contribution < -0.4 is 16.0 Å². The Morgan fingerprint density at radius 3 is 2.82 bits per heavy atom. The SMILES string of the molecule is CC(C)(CCN)N1C(=O)CNc2ccccc21. The minimum absolute atomic E-state index is 0.0992. The first-order valence-electron chi connectivity index (χ1n) is 5.92. The molecule has 0 radical (unpaired) electrons. The Kier molecular flexibility index (Phi) is 3.07. The molecule has 1 aliphatic heterocycles. The molecule has 1 aliphatic rings. The van der Waals surface area contributed by atoms with Crippen LogP contribution in [0, 0.1) is 0 Å². The minimum atomic E-state index is -0.246. The molecule has 0 saturated heterocycles. The van der Waals surface area contributed by atoms with Gasteiger partial charge in [-0.3, -0.25) is 4.79 Å². The van der Waals surface area contributed by atoms with Crippen LogP contribution in [0.2, 0.25) is 0 Å². The zero-order chi connectivity index (χ0) is 12.5. The van der Waals surface area contributed by atoms with E-state index in [0.29, 0.717) is 13.1 Å². The van der Waals surface area contributed by atoms with E-state index in [2.05, 4.69) is 19.2 Å². The number of carbonyl (C=O) groups is 1. The number of rotatable bonds is 3. The van der Waals surface area contributed by atoms with Gasteiger partial charge in [-0.15, -0.1) is 0 Å². The lowest BCUT2D eigenvalue weighted by Gasteiger charge is -2.42. The van der Waals surface area contributed by atoms with E-state index < -0.39 is 0 Å². The number of fused-ring (bicyclic) bond motifs is 1. The fourth-order valence-corrected chi connectivity index (χ4v) is 2.33. The van der Waals surface area contributed by atoms with Crippen molar-refractivity contribution in [2.45, 2.75) is 25.8 Å². The molecule has 0 atom stereocenters. The van der Waals surface area contributed by atoms with E-state index in [-0.39, 0.29) is 11.4 Å². The Bertz CT molecular complexity index is 428. The van der Waals surface area contributed by atoms with Gasteiger partial charge in [-0.1, -0.05) is 12.1 Å². The van der Waals surface area contributed by atoms with E-state index in [9.17, 15) is 4.79 Å². The highest BCUT2D eigenvalue weighted by molar-refractivity contribution is 6.03. The highest BCUT2D eigenvalue weighted by Crippen LogP contribution is 2.35. The second kappa shape index (κ2) is 4.37. The number of hydrogen-bond acceptors (Lipinski definition) is 3. The lowest BCUT2D eigenvalue weighted by atomic mass is 9.95. The third kappa shape index (κ3) is 2.13. The molecule has 1 aromatic carbocycles. The second-order valence-electron chi connectivity index (χ2n) is 4.95. The van der Waals surface area contributed by atoms with Crippen molar-refractivity contribution in [1.29, 1.82) is 0 Å². The number of benzene rings is 1. The van der Waals surface area contributed by atoms with Crippen LogP contribution in [0.5, 0.6) is 0 Å². The maximum atomic E-state index is 12.1. The Morgan fingerprint density at radius 2 is 2.12 bits per heavy atom. The molecule has 1 amide bonds. The topological polar surface area (TPSA) is 58.4 Å². The zero-order valence-electron chi connectivity index (χ0n) is 10.4. The Hall–Kier alpha value is -1.55. The summed E-state index contributed by atoms with van der Waals surface area (Å²) >= 11 is 0. The Labute approximate surface area is 102 Å². The maximum Gasteiger partial charge on any atom is 0.246 e. The van der Waals surface area contributed by atoms with Gasteiger partial charge in [0.05, 0.1) is 17.9 Å². The molecular formula is C13H19N3O. The minimum Gasteiger partial charge on any atom is -0.374 e. The Balaban J connectivity index is 2.42. The van der Waals surface area contributed by atoms with Gasteiger partial charge in [0.1, 0.15) is 0 Å². The van der Waals surface area contributed by atoms with E-state index in [4.69, 9.17) is 5.73 Å². The van der Waals surface area contributed by atoms with Gasteiger partial charge in [-0.05, 0) is 38.9 Å². The molecule has 0 aromatic heterocycles. The highest BCUT2D eigenvalue weighted by Gasteiger charge is 2.35. The first-order chi connectivity index (χ1) is 8.06. The fourth-order valence-electron chi connectivity index (χ4n) is 2.33. The molecule has 1 heterocycles. The Morgan fingerprint density at radius 1 is 1.41 bits per heavy atom. The molecule has 0 aliphatic carbocycles. The molecule has 92 valence electrons. The first-order valence-corrected chi connectivity index (χ1v) is 5.92. The van der Waals surface area contributed by atoms with Crippen LogP contribution in [0.3, 0.4) is 0 Å². The number of nitrogens with two attached hydrogens (primary N) is 1. The van der Waals surface area contributed by atoms with Crippen molar-refractivity contribution in [2.24, 2.45) is 5.73 Å². The zero-order valence-corrected chi connectivity index (χ0v) is 10.4. The third-order valence-electron chi connectivity index (χ3n) is 3.19. The first kappa shape index (κ1) is 11.9. The van der Waals surface area contributed by atoms with Crippen molar-refractivity contribution in [3.8, 4) is 0 Å². The lowest BCUT2D eigenvalue weighted by Crippen LogP contribution is -2.53. The van der Waals surface area contributed by atoms with Gasteiger partial charge in [0.25, 0.3) is 0 Å². The number of nitrogens with one attached hydrogen (secondary N) is 1. The molecule has 0 spiro atoms. The van der Waals surface area contributed by atoms with E-state index in [1.54, 1.807) is 0 Å². The number of nitrogens with zero attached hydrogens (tertiary/aromatic N) is 1. The summed E-state index contributed by atoms with van der Waals surface area (Å²) in [7, 11) is 0. The average molecular weight is 233 g/mol. The number of para-hydroxylation sites is 2. The van der Waals surface area contributed by atoms with Crippen LogP contribution in [-0.4, -0.2) is 24.5 Å². The molecule has 0 bridgehead atoms. The molecule has 0 saturated carbocycles. The number of amides is 1. The second-order valence-corrected chi connectivity index (χ2v) is 4.95. The smallest absolute Gasteiger partial charge is 0.246 e. The molecule has 17 heavy (non-hydrogen) atoms. The van der Waals surface area contributed by atoms with Crippen LogP contribution in [-0.2, 0) is 4.79 Å². The summed E-state index contributed by atoms with van der Waals surface area (Å²) in [4.78, 5) is 14.0. The third-order valence-corrected chi connectivity index (χ3v) is 3.19. The van der Waals surface area contributed by atoms with Gasteiger partial charge >= 0.3 is 0 Å². The van der Waals surface area contributed by atoms with Crippen molar-refractivity contribution in [3.05, 3.63) is 24.3 Å². The summed E-state index contributed by atoms with van der Waals surface area (Å²) in [5.74, 6) is 0.0992. The van der Waals surface area contributed by atoms with Crippen molar-refractivity contribution < 1.29 is 4.79 Å². The predicted octanol–water partition coefficient (Wildman–Crippen LogP) is 1.57. The summed E-state index contributed by atoms with van der Waals surface area (Å²) < 4.78 is 0. The van der Waals surface area contributed by atoms with E-state index in [0.717, 1.165) is 17.8 Å². The molecule has 1 aromatic rings. The van der Waals surface area contributed by atoms with E-state index in [1.165, 1.54) is 0 Å². The van der Waals surface area contributed by atoms with Crippen LogP contribution in [0.1, 0.15) is 20.3 Å². The molecule has 0 fully saturated rings. The van der Waals surface area contributed by atoms with Crippen LogP contribution >= 0.6 is 0 Å². The maximum absolute atomic E-state index is 12.1. The van der Waals surface area contributed by atoms with Gasteiger partial charge < -0.3 is 16.0 Å². The van der Waals surface area contributed by atoms with Gasteiger partial charge in [-0.25, -0.2) is 0 Å². The van der Waals surface area contributed by atoms with Gasteiger partial charge in [-0.2, -0.15) is 0 Å². The number of hydrogen-bond donors (Lipinski definition) is 2. The van der Waals surface area contributed by atoms with Crippen LogP contribution in [0.4, 0.5) is 11.4 Å². The van der Waals surface area contributed by atoms with Gasteiger partial charge in [0.2, 0.25) is 5.91 Å².